The Morgan fingerprint density at radius 3 is 2.52 bits per heavy atom. The highest BCUT2D eigenvalue weighted by molar-refractivity contribution is 6.03. The zero-order valence-electron chi connectivity index (χ0n) is 13.5. The fraction of sp³-hybridized carbons (Fsp3) is 0.118. The van der Waals surface area contributed by atoms with Crippen LogP contribution < -0.4 is 10.3 Å². The number of nitrogens with zero attached hydrogens (tertiary/aromatic N) is 3. The number of H-pyrrole nitrogens is 1. The highest BCUT2D eigenvalue weighted by atomic mass is 35.5. The van der Waals surface area contributed by atoms with E-state index in [1.807, 2.05) is 0 Å². The monoisotopic (exact) mass is 396 g/mol. The molecule has 6 nitrogen and oxygen atoms in total. The molecule has 0 radical (unpaired) electrons. The van der Waals surface area contributed by atoms with E-state index < -0.39 is 18.3 Å². The lowest BCUT2D eigenvalue weighted by molar-refractivity contribution is -0.140. The Morgan fingerprint density at radius 2 is 1.81 bits per heavy atom. The van der Waals surface area contributed by atoms with Crippen LogP contribution in [0.1, 0.15) is 0 Å². The van der Waals surface area contributed by atoms with Crippen molar-refractivity contribution in [1.29, 1.82) is 0 Å². The second-order valence-corrected chi connectivity index (χ2v) is 5.63. The Bertz CT molecular complexity index is 1160. The van der Waals surface area contributed by atoms with Gasteiger partial charge in [0, 0.05) is 23.8 Å². The van der Waals surface area contributed by atoms with E-state index in [1.54, 1.807) is 24.3 Å². The largest absolute Gasteiger partial charge is 0.457 e. The standard InChI is InChI=1S/C17H11F3N4O2.ClH/c18-17(19,20)9-24-14-7-11(26-10-3-5-21-6-4-10)1-2-12(14)15-13(16(24)25)8-22-23-15;/h1-8H,9H2,(H,22,23);1H. The molecule has 0 saturated heterocycles. The van der Waals surface area contributed by atoms with Crippen molar-refractivity contribution in [2.24, 2.45) is 0 Å². The van der Waals surface area contributed by atoms with E-state index >= 15 is 0 Å². The van der Waals surface area contributed by atoms with Crippen molar-refractivity contribution < 1.29 is 17.9 Å². The summed E-state index contributed by atoms with van der Waals surface area (Å²) >= 11 is 0. The van der Waals surface area contributed by atoms with Crippen molar-refractivity contribution in [3.8, 4) is 11.5 Å². The highest BCUT2D eigenvalue weighted by Crippen LogP contribution is 2.29. The predicted molar refractivity (Wildman–Crippen MR) is 95.5 cm³/mol. The molecule has 1 aromatic carbocycles. The van der Waals surface area contributed by atoms with Gasteiger partial charge in [0.25, 0.3) is 5.56 Å². The molecule has 0 atom stereocenters. The highest BCUT2D eigenvalue weighted by Gasteiger charge is 2.30. The summed E-state index contributed by atoms with van der Waals surface area (Å²) in [5.41, 5.74) is -0.269. The molecule has 4 rings (SSSR count). The Kier molecular flexibility index (Phi) is 4.79. The van der Waals surface area contributed by atoms with E-state index in [-0.39, 0.29) is 23.3 Å². The number of halogens is 4. The molecule has 0 unspecified atom stereocenters. The molecule has 0 aliphatic rings. The van der Waals surface area contributed by atoms with Crippen LogP contribution in [0.4, 0.5) is 13.2 Å². The van der Waals surface area contributed by atoms with E-state index in [0.29, 0.717) is 27.0 Å². The number of benzene rings is 1. The molecule has 3 heterocycles. The molecule has 4 aromatic rings. The van der Waals surface area contributed by atoms with Gasteiger partial charge >= 0.3 is 6.18 Å². The normalized spacial score (nSPS) is 11.5. The van der Waals surface area contributed by atoms with E-state index in [0.717, 1.165) is 0 Å². The quantitative estimate of drug-likeness (QED) is 0.567. The molecule has 0 aliphatic heterocycles. The van der Waals surface area contributed by atoms with Gasteiger partial charge < -0.3 is 4.74 Å². The molecule has 1 N–H and O–H groups in total. The summed E-state index contributed by atoms with van der Waals surface area (Å²) in [6.45, 7) is -1.40. The fourth-order valence-corrected chi connectivity index (χ4v) is 2.80. The first-order valence-corrected chi connectivity index (χ1v) is 7.57. The summed E-state index contributed by atoms with van der Waals surface area (Å²) in [4.78, 5) is 16.4. The van der Waals surface area contributed by atoms with Crippen LogP contribution >= 0.6 is 12.4 Å². The molecule has 140 valence electrons. The minimum absolute atomic E-state index is 0. The van der Waals surface area contributed by atoms with Crippen LogP contribution in [0.2, 0.25) is 0 Å². The number of fused-ring (bicyclic) bond motifs is 3. The number of nitrogens with one attached hydrogen (secondary N) is 1. The van der Waals surface area contributed by atoms with Crippen LogP contribution in [0, 0.1) is 0 Å². The van der Waals surface area contributed by atoms with Crippen molar-refractivity contribution >= 4 is 34.2 Å². The van der Waals surface area contributed by atoms with Gasteiger partial charge in [-0.25, -0.2) is 0 Å². The zero-order chi connectivity index (χ0) is 18.3. The smallest absolute Gasteiger partial charge is 0.406 e. The number of hydrogen-bond donors (Lipinski definition) is 1. The van der Waals surface area contributed by atoms with E-state index in [1.165, 1.54) is 24.7 Å². The first kappa shape index (κ1) is 18.7. The maximum atomic E-state index is 13.0. The van der Waals surface area contributed by atoms with Gasteiger partial charge in [-0.15, -0.1) is 12.4 Å². The lowest BCUT2D eigenvalue weighted by Gasteiger charge is -2.14. The molecule has 0 fully saturated rings. The minimum atomic E-state index is -4.55. The van der Waals surface area contributed by atoms with Crippen molar-refractivity contribution in [2.45, 2.75) is 12.7 Å². The third kappa shape index (κ3) is 3.59. The summed E-state index contributed by atoms with van der Waals surface area (Å²) in [5.74, 6) is 0.782. The third-order valence-electron chi connectivity index (χ3n) is 3.87. The summed E-state index contributed by atoms with van der Waals surface area (Å²) in [5, 5.41) is 7.00. The fourth-order valence-electron chi connectivity index (χ4n) is 2.80. The SMILES string of the molecule is Cl.O=c1c2cn[nH]c2c2ccc(Oc3ccncc3)cc2n1CC(F)(F)F. The van der Waals surface area contributed by atoms with Gasteiger partial charge in [-0.1, -0.05) is 0 Å². The lowest BCUT2D eigenvalue weighted by Crippen LogP contribution is -2.28. The Hall–Kier alpha value is -3.07. The Labute approximate surface area is 156 Å². The molecule has 0 aliphatic carbocycles. The maximum Gasteiger partial charge on any atom is 0.406 e. The van der Waals surface area contributed by atoms with E-state index in [2.05, 4.69) is 15.2 Å². The summed E-state index contributed by atoms with van der Waals surface area (Å²) in [7, 11) is 0. The van der Waals surface area contributed by atoms with Crippen LogP contribution in [0.15, 0.2) is 53.7 Å². The first-order chi connectivity index (χ1) is 12.4. The molecule has 0 saturated carbocycles. The lowest BCUT2D eigenvalue weighted by atomic mass is 10.1. The van der Waals surface area contributed by atoms with Crippen LogP contribution in [-0.4, -0.2) is 25.9 Å². The van der Waals surface area contributed by atoms with Gasteiger partial charge in [0.2, 0.25) is 0 Å². The van der Waals surface area contributed by atoms with Gasteiger partial charge in [-0.05, 0) is 24.3 Å². The Balaban J connectivity index is 0.00000210. The topological polar surface area (TPSA) is 72.8 Å². The number of aromatic amines is 1. The van der Waals surface area contributed by atoms with Crippen molar-refractivity contribution in [3.63, 3.8) is 0 Å². The number of ether oxygens (including phenoxy) is 1. The molecule has 0 bridgehead atoms. The molecule has 27 heavy (non-hydrogen) atoms. The average Bonchev–Trinajstić information content (AvgIpc) is 3.08. The second-order valence-electron chi connectivity index (χ2n) is 5.63. The van der Waals surface area contributed by atoms with E-state index in [4.69, 9.17) is 4.74 Å². The second kappa shape index (κ2) is 6.92. The number of alkyl halides is 3. The summed E-state index contributed by atoms with van der Waals surface area (Å²) < 4.78 is 45.3. The maximum absolute atomic E-state index is 13.0. The number of aromatic nitrogens is 4. The van der Waals surface area contributed by atoms with Gasteiger partial charge in [0.1, 0.15) is 18.0 Å². The average molecular weight is 397 g/mol. The zero-order valence-corrected chi connectivity index (χ0v) is 14.3. The molecular formula is C17H12ClF3N4O2. The van der Waals surface area contributed by atoms with Gasteiger partial charge in [-0.3, -0.25) is 19.4 Å². The van der Waals surface area contributed by atoms with Crippen molar-refractivity contribution in [2.75, 3.05) is 0 Å². The molecular weight excluding hydrogens is 385 g/mol. The minimum Gasteiger partial charge on any atom is -0.457 e. The van der Waals surface area contributed by atoms with Crippen LogP contribution in [0.25, 0.3) is 21.8 Å². The summed E-state index contributed by atoms with van der Waals surface area (Å²) in [6, 6.07) is 7.85. The van der Waals surface area contributed by atoms with Crippen LogP contribution in [0.5, 0.6) is 11.5 Å². The molecule has 0 spiro atoms. The molecule has 0 amide bonds. The van der Waals surface area contributed by atoms with Crippen molar-refractivity contribution in [3.05, 3.63) is 59.3 Å². The number of pyridine rings is 2. The van der Waals surface area contributed by atoms with Crippen LogP contribution in [0.3, 0.4) is 0 Å². The molecule has 3 aromatic heterocycles. The first-order valence-electron chi connectivity index (χ1n) is 7.57. The van der Waals surface area contributed by atoms with Gasteiger partial charge in [-0.2, -0.15) is 18.3 Å². The third-order valence-corrected chi connectivity index (χ3v) is 3.87. The number of hydrogen-bond acceptors (Lipinski definition) is 4. The van der Waals surface area contributed by atoms with Crippen molar-refractivity contribution in [1.82, 2.24) is 19.7 Å². The van der Waals surface area contributed by atoms with Crippen LogP contribution in [-0.2, 0) is 6.54 Å². The summed E-state index contributed by atoms with van der Waals surface area (Å²) in [6.07, 6.45) is -0.254. The Morgan fingerprint density at radius 1 is 1.07 bits per heavy atom. The molecule has 10 heteroatoms. The van der Waals surface area contributed by atoms with Gasteiger partial charge in [0.15, 0.2) is 0 Å². The van der Waals surface area contributed by atoms with Gasteiger partial charge in [0.05, 0.1) is 22.6 Å². The number of rotatable bonds is 3. The predicted octanol–water partition coefficient (Wildman–Crippen LogP) is 4.05. The van der Waals surface area contributed by atoms with E-state index in [9.17, 15) is 18.0 Å².